The van der Waals surface area contributed by atoms with Crippen LogP contribution in [0.4, 0.5) is 0 Å². The summed E-state index contributed by atoms with van der Waals surface area (Å²) in [6, 6.07) is 9.35. The Bertz CT molecular complexity index is 858. The highest BCUT2D eigenvalue weighted by Crippen LogP contribution is 2.25. The first-order valence-corrected chi connectivity index (χ1v) is 7.04. The van der Waals surface area contributed by atoms with Crippen molar-refractivity contribution < 1.29 is 9.21 Å². The summed E-state index contributed by atoms with van der Waals surface area (Å²) in [7, 11) is 0. The molecule has 0 spiro atoms. The average Bonchev–Trinajstić information content (AvgIpc) is 3.20. The summed E-state index contributed by atoms with van der Waals surface area (Å²) in [6.07, 6.45) is 6.85. The van der Waals surface area contributed by atoms with Gasteiger partial charge in [-0.1, -0.05) is 0 Å². The second-order valence-corrected chi connectivity index (χ2v) is 4.95. The fourth-order valence-electron chi connectivity index (χ4n) is 2.33. The molecule has 3 heterocycles. The highest BCUT2D eigenvalue weighted by atomic mass is 16.4. The lowest BCUT2D eigenvalue weighted by Gasteiger charge is -2.04. The second-order valence-electron chi connectivity index (χ2n) is 4.95. The van der Waals surface area contributed by atoms with E-state index in [1.54, 1.807) is 36.3 Å². The summed E-state index contributed by atoms with van der Waals surface area (Å²) in [6.45, 7) is 2.03. The average molecular weight is 306 g/mol. The standard InChI is InChI=1S/C17H14N4O2/c1-12-15(16(22)20-11-13-4-6-19-7-5-13)14(10-18)17(23-12)21-8-2-3-9-21/h2-9H,11H2,1H3,(H,20,22). The number of nitrogens with one attached hydrogen (secondary N) is 1. The SMILES string of the molecule is Cc1oc(-n2cccc2)c(C#N)c1C(=O)NCc1ccncc1. The molecule has 6 nitrogen and oxygen atoms in total. The zero-order chi connectivity index (χ0) is 16.2. The number of nitriles is 1. The summed E-state index contributed by atoms with van der Waals surface area (Å²) in [4.78, 5) is 16.4. The fraction of sp³-hybridized carbons (Fsp3) is 0.118. The van der Waals surface area contributed by atoms with Crippen LogP contribution >= 0.6 is 0 Å². The van der Waals surface area contributed by atoms with Gasteiger partial charge in [0.1, 0.15) is 23.0 Å². The van der Waals surface area contributed by atoms with E-state index in [2.05, 4.69) is 16.4 Å². The molecule has 0 fully saturated rings. The predicted molar refractivity (Wildman–Crippen MR) is 82.9 cm³/mol. The first-order chi connectivity index (χ1) is 11.2. The van der Waals surface area contributed by atoms with Gasteiger partial charge in [0.25, 0.3) is 5.91 Å². The molecule has 23 heavy (non-hydrogen) atoms. The molecule has 0 aliphatic heterocycles. The van der Waals surface area contributed by atoms with Crippen molar-refractivity contribution in [2.45, 2.75) is 13.5 Å². The Balaban J connectivity index is 1.88. The van der Waals surface area contributed by atoms with Gasteiger partial charge >= 0.3 is 0 Å². The number of rotatable bonds is 4. The molecule has 0 aliphatic carbocycles. The minimum Gasteiger partial charge on any atom is -0.443 e. The third-order valence-electron chi connectivity index (χ3n) is 3.45. The van der Waals surface area contributed by atoms with E-state index >= 15 is 0 Å². The topological polar surface area (TPSA) is 83.8 Å². The lowest BCUT2D eigenvalue weighted by Crippen LogP contribution is -2.23. The summed E-state index contributed by atoms with van der Waals surface area (Å²) in [5, 5.41) is 12.2. The monoisotopic (exact) mass is 306 g/mol. The Labute approximate surface area is 133 Å². The molecule has 3 aromatic heterocycles. The van der Waals surface area contributed by atoms with Crippen LogP contribution < -0.4 is 5.32 Å². The number of furan rings is 1. The van der Waals surface area contributed by atoms with Gasteiger partial charge in [-0.25, -0.2) is 0 Å². The lowest BCUT2D eigenvalue weighted by atomic mass is 10.1. The molecule has 3 aromatic rings. The van der Waals surface area contributed by atoms with Gasteiger partial charge in [-0.3, -0.25) is 14.3 Å². The number of aryl methyl sites for hydroxylation is 1. The van der Waals surface area contributed by atoms with Crippen LogP contribution in [0.25, 0.3) is 5.88 Å². The smallest absolute Gasteiger partial charge is 0.256 e. The van der Waals surface area contributed by atoms with Crippen LogP contribution in [-0.4, -0.2) is 15.5 Å². The maximum Gasteiger partial charge on any atom is 0.256 e. The maximum atomic E-state index is 12.5. The normalized spacial score (nSPS) is 10.3. The Morgan fingerprint density at radius 2 is 2.04 bits per heavy atom. The van der Waals surface area contributed by atoms with Gasteiger partial charge in [-0.05, 0) is 36.8 Å². The van der Waals surface area contributed by atoms with Crippen molar-refractivity contribution in [3.63, 3.8) is 0 Å². The molecular formula is C17H14N4O2. The predicted octanol–water partition coefficient (Wildman–Crippen LogP) is 2.58. The van der Waals surface area contributed by atoms with Gasteiger partial charge in [0.15, 0.2) is 0 Å². The van der Waals surface area contributed by atoms with Crippen LogP contribution in [0.15, 0.2) is 53.5 Å². The van der Waals surface area contributed by atoms with Crippen LogP contribution in [0, 0.1) is 18.3 Å². The van der Waals surface area contributed by atoms with Gasteiger partial charge in [-0.15, -0.1) is 0 Å². The maximum absolute atomic E-state index is 12.5. The molecule has 6 heteroatoms. The number of carbonyl (C=O) groups is 1. The third kappa shape index (κ3) is 2.85. The van der Waals surface area contributed by atoms with Crippen molar-refractivity contribution >= 4 is 5.91 Å². The molecular weight excluding hydrogens is 292 g/mol. The zero-order valence-electron chi connectivity index (χ0n) is 12.5. The van der Waals surface area contributed by atoms with E-state index in [4.69, 9.17) is 4.42 Å². The summed E-state index contributed by atoms with van der Waals surface area (Å²) >= 11 is 0. The largest absolute Gasteiger partial charge is 0.443 e. The number of nitrogens with zero attached hydrogens (tertiary/aromatic N) is 3. The molecule has 1 amide bonds. The molecule has 3 rings (SSSR count). The summed E-state index contributed by atoms with van der Waals surface area (Å²) in [5.74, 6) is 0.430. The molecule has 1 N–H and O–H groups in total. The highest BCUT2D eigenvalue weighted by molar-refractivity contribution is 5.98. The van der Waals surface area contributed by atoms with Crippen molar-refractivity contribution in [3.8, 4) is 12.0 Å². The Morgan fingerprint density at radius 1 is 1.35 bits per heavy atom. The Kier molecular flexibility index (Phi) is 3.93. The first kappa shape index (κ1) is 14.6. The number of pyridine rings is 1. The number of hydrogen-bond donors (Lipinski definition) is 1. The summed E-state index contributed by atoms with van der Waals surface area (Å²) in [5.41, 5.74) is 1.43. The lowest BCUT2D eigenvalue weighted by molar-refractivity contribution is 0.0949. The van der Waals surface area contributed by atoms with Crippen molar-refractivity contribution in [1.82, 2.24) is 14.9 Å². The van der Waals surface area contributed by atoms with E-state index < -0.39 is 0 Å². The minimum absolute atomic E-state index is 0.228. The summed E-state index contributed by atoms with van der Waals surface area (Å²) < 4.78 is 7.30. The number of hydrogen-bond acceptors (Lipinski definition) is 4. The molecule has 0 radical (unpaired) electrons. The van der Waals surface area contributed by atoms with Gasteiger partial charge in [0, 0.05) is 31.3 Å². The number of aromatic nitrogens is 2. The number of amides is 1. The van der Waals surface area contributed by atoms with E-state index in [9.17, 15) is 10.1 Å². The van der Waals surface area contributed by atoms with Crippen molar-refractivity contribution in [1.29, 1.82) is 5.26 Å². The van der Waals surface area contributed by atoms with Crippen LogP contribution in [0.1, 0.15) is 27.2 Å². The third-order valence-corrected chi connectivity index (χ3v) is 3.45. The van der Waals surface area contributed by atoms with Crippen LogP contribution in [-0.2, 0) is 6.54 Å². The Hall–Kier alpha value is -3.33. The Morgan fingerprint density at radius 3 is 2.70 bits per heavy atom. The van der Waals surface area contributed by atoms with Gasteiger partial charge in [-0.2, -0.15) is 5.26 Å². The molecule has 0 bridgehead atoms. The minimum atomic E-state index is -0.335. The van der Waals surface area contributed by atoms with Crippen LogP contribution in [0.3, 0.4) is 0 Å². The van der Waals surface area contributed by atoms with Crippen LogP contribution in [0.2, 0.25) is 0 Å². The molecule has 0 saturated carbocycles. The molecule has 0 atom stereocenters. The van der Waals surface area contributed by atoms with Crippen molar-refractivity contribution in [2.75, 3.05) is 0 Å². The zero-order valence-corrected chi connectivity index (χ0v) is 12.5. The van der Waals surface area contributed by atoms with E-state index in [0.717, 1.165) is 5.56 Å². The van der Waals surface area contributed by atoms with Gasteiger partial charge in [0.2, 0.25) is 5.88 Å². The van der Waals surface area contributed by atoms with Crippen molar-refractivity contribution in [3.05, 3.63) is 71.5 Å². The molecule has 0 saturated heterocycles. The molecule has 0 aliphatic rings. The molecule has 0 aromatic carbocycles. The molecule has 114 valence electrons. The number of carbonyl (C=O) groups excluding carboxylic acids is 1. The van der Waals surface area contributed by atoms with E-state index in [0.29, 0.717) is 18.2 Å². The first-order valence-electron chi connectivity index (χ1n) is 7.04. The van der Waals surface area contributed by atoms with E-state index in [1.165, 1.54) is 0 Å². The van der Waals surface area contributed by atoms with Crippen molar-refractivity contribution in [2.24, 2.45) is 0 Å². The highest BCUT2D eigenvalue weighted by Gasteiger charge is 2.24. The quantitative estimate of drug-likeness (QED) is 0.803. The van der Waals surface area contributed by atoms with Gasteiger partial charge < -0.3 is 9.73 Å². The van der Waals surface area contributed by atoms with E-state index in [-0.39, 0.29) is 17.0 Å². The van der Waals surface area contributed by atoms with Crippen LogP contribution in [0.5, 0.6) is 0 Å². The fourth-order valence-corrected chi connectivity index (χ4v) is 2.33. The van der Waals surface area contributed by atoms with E-state index in [1.807, 2.05) is 24.3 Å². The molecule has 0 unspecified atom stereocenters. The van der Waals surface area contributed by atoms with Gasteiger partial charge in [0.05, 0.1) is 0 Å². The second kappa shape index (κ2) is 6.20.